The molecule has 0 unspecified atom stereocenters. The van der Waals surface area contributed by atoms with Gasteiger partial charge in [-0.1, -0.05) is 12.1 Å². The minimum absolute atomic E-state index is 0.194. The van der Waals surface area contributed by atoms with Crippen molar-refractivity contribution in [3.05, 3.63) is 46.3 Å². The number of carbonyl (C=O) groups excluding carboxylic acids is 1. The van der Waals surface area contributed by atoms with Crippen molar-refractivity contribution in [2.75, 3.05) is 13.7 Å². The fraction of sp³-hybridized carbons (Fsp3) is 0.200. The predicted molar refractivity (Wildman–Crippen MR) is 79.8 cm³/mol. The zero-order valence-electron chi connectivity index (χ0n) is 11.5. The molecule has 0 bridgehead atoms. The summed E-state index contributed by atoms with van der Waals surface area (Å²) in [4.78, 5) is 16.2. The molecule has 0 aliphatic carbocycles. The molecule has 0 fully saturated rings. The smallest absolute Gasteiger partial charge is 0.342 e. The fourth-order valence-electron chi connectivity index (χ4n) is 1.86. The quantitative estimate of drug-likeness (QED) is 0.618. The van der Waals surface area contributed by atoms with Gasteiger partial charge in [0.15, 0.2) is 5.75 Å². The van der Waals surface area contributed by atoms with Crippen LogP contribution in [0.15, 0.2) is 34.9 Å². The Hall–Kier alpha value is -1.95. The van der Waals surface area contributed by atoms with Gasteiger partial charge < -0.3 is 9.47 Å². The number of methoxy groups -OCH3 is 1. The normalized spacial score (nSPS) is 10.3. The second-order valence-corrected chi connectivity index (χ2v) is 4.83. The Balaban J connectivity index is 2.60. The first-order valence-electron chi connectivity index (χ1n) is 6.25. The first kappa shape index (κ1) is 15.4. The Bertz CT molecular complexity index is 676. The van der Waals surface area contributed by atoms with Crippen molar-refractivity contribution >= 4 is 21.9 Å². The number of pyridine rings is 1. The van der Waals surface area contributed by atoms with Crippen LogP contribution in [0.4, 0.5) is 4.39 Å². The van der Waals surface area contributed by atoms with Crippen molar-refractivity contribution in [3.63, 3.8) is 0 Å². The Morgan fingerprint density at radius 1 is 1.38 bits per heavy atom. The van der Waals surface area contributed by atoms with E-state index in [0.717, 1.165) is 0 Å². The molecule has 0 saturated carbocycles. The van der Waals surface area contributed by atoms with Gasteiger partial charge in [0.05, 0.1) is 19.4 Å². The molecule has 1 heterocycles. The average Bonchev–Trinajstić information content (AvgIpc) is 2.47. The number of halogens is 2. The molecule has 0 N–H and O–H groups in total. The summed E-state index contributed by atoms with van der Waals surface area (Å²) in [6.07, 6.45) is 0. The van der Waals surface area contributed by atoms with Crippen molar-refractivity contribution < 1.29 is 18.7 Å². The molecule has 0 aliphatic heterocycles. The number of nitrogens with zero attached hydrogens (tertiary/aromatic N) is 1. The summed E-state index contributed by atoms with van der Waals surface area (Å²) in [5.74, 6) is -0.708. The van der Waals surface area contributed by atoms with Gasteiger partial charge in [0.2, 0.25) is 0 Å². The third-order valence-electron chi connectivity index (χ3n) is 2.78. The number of ether oxygens (including phenoxy) is 2. The van der Waals surface area contributed by atoms with Crippen LogP contribution in [0.25, 0.3) is 11.3 Å². The number of aromatic nitrogens is 1. The number of benzene rings is 1. The number of carbonyl (C=O) groups is 1. The average molecular weight is 354 g/mol. The summed E-state index contributed by atoms with van der Waals surface area (Å²) in [5.41, 5.74) is 0.815. The van der Waals surface area contributed by atoms with Crippen molar-refractivity contribution in [1.82, 2.24) is 4.98 Å². The molecular formula is C15H13BrFNO3. The highest BCUT2D eigenvalue weighted by molar-refractivity contribution is 9.10. The van der Waals surface area contributed by atoms with Crippen LogP contribution in [-0.4, -0.2) is 24.7 Å². The number of hydrogen-bond acceptors (Lipinski definition) is 4. The van der Waals surface area contributed by atoms with Crippen LogP contribution in [0, 0.1) is 5.82 Å². The highest BCUT2D eigenvalue weighted by Crippen LogP contribution is 2.32. The van der Waals surface area contributed by atoms with E-state index < -0.39 is 11.8 Å². The lowest BCUT2D eigenvalue weighted by Crippen LogP contribution is -2.08. The Kier molecular flexibility index (Phi) is 4.90. The third kappa shape index (κ3) is 3.21. The lowest BCUT2D eigenvalue weighted by atomic mass is 10.1. The van der Waals surface area contributed by atoms with Crippen molar-refractivity contribution in [2.45, 2.75) is 6.92 Å². The van der Waals surface area contributed by atoms with Gasteiger partial charge in [0, 0.05) is 5.56 Å². The Morgan fingerprint density at radius 2 is 2.10 bits per heavy atom. The van der Waals surface area contributed by atoms with Crippen LogP contribution in [0.3, 0.4) is 0 Å². The molecule has 2 aromatic rings. The van der Waals surface area contributed by atoms with E-state index in [-0.39, 0.29) is 17.9 Å². The molecule has 0 spiro atoms. The summed E-state index contributed by atoms with van der Waals surface area (Å²) < 4.78 is 24.3. The standard InChI is InChI=1S/C15H13BrFNO3/c1-3-21-15(19)10-8-12(18-14(16)13(10)20-2)9-6-4-5-7-11(9)17/h4-8H,3H2,1-2H3. The number of rotatable bonds is 4. The van der Waals surface area contributed by atoms with E-state index in [1.807, 2.05) is 0 Å². The summed E-state index contributed by atoms with van der Waals surface area (Å²) in [6, 6.07) is 7.66. The maximum Gasteiger partial charge on any atom is 0.342 e. The Morgan fingerprint density at radius 3 is 2.71 bits per heavy atom. The van der Waals surface area contributed by atoms with Crippen LogP contribution in [-0.2, 0) is 4.74 Å². The molecule has 0 amide bonds. The predicted octanol–water partition coefficient (Wildman–Crippen LogP) is 3.84. The van der Waals surface area contributed by atoms with Crippen molar-refractivity contribution in [1.29, 1.82) is 0 Å². The van der Waals surface area contributed by atoms with Crippen LogP contribution in [0.2, 0.25) is 0 Å². The van der Waals surface area contributed by atoms with Gasteiger partial charge >= 0.3 is 5.97 Å². The molecule has 0 aliphatic rings. The van der Waals surface area contributed by atoms with Crippen molar-refractivity contribution in [3.8, 4) is 17.0 Å². The van der Waals surface area contributed by atoms with Gasteiger partial charge in [-0.3, -0.25) is 0 Å². The van der Waals surface area contributed by atoms with Gasteiger partial charge in [-0.2, -0.15) is 0 Å². The minimum Gasteiger partial charge on any atom is -0.493 e. The molecule has 21 heavy (non-hydrogen) atoms. The summed E-state index contributed by atoms with van der Waals surface area (Å²) in [7, 11) is 1.42. The van der Waals surface area contributed by atoms with Crippen LogP contribution in [0.1, 0.15) is 17.3 Å². The van der Waals surface area contributed by atoms with E-state index in [1.165, 1.54) is 19.2 Å². The zero-order valence-corrected chi connectivity index (χ0v) is 13.1. The molecule has 0 atom stereocenters. The van der Waals surface area contributed by atoms with Crippen LogP contribution >= 0.6 is 15.9 Å². The molecule has 1 aromatic carbocycles. The van der Waals surface area contributed by atoms with Gasteiger partial charge in [-0.05, 0) is 41.1 Å². The summed E-state index contributed by atoms with van der Waals surface area (Å²) in [6.45, 7) is 1.94. The Labute approximate surface area is 130 Å². The molecule has 0 saturated heterocycles. The fourth-order valence-corrected chi connectivity index (χ4v) is 2.43. The van der Waals surface area contributed by atoms with E-state index in [4.69, 9.17) is 9.47 Å². The van der Waals surface area contributed by atoms with E-state index in [9.17, 15) is 9.18 Å². The van der Waals surface area contributed by atoms with E-state index >= 15 is 0 Å². The van der Waals surface area contributed by atoms with Gasteiger partial charge in [0.25, 0.3) is 0 Å². The molecule has 2 rings (SSSR count). The van der Waals surface area contributed by atoms with Gasteiger partial charge in [0.1, 0.15) is 16.0 Å². The number of esters is 1. The maximum atomic E-state index is 13.9. The lowest BCUT2D eigenvalue weighted by Gasteiger charge is -2.12. The molecule has 4 nitrogen and oxygen atoms in total. The van der Waals surface area contributed by atoms with Crippen LogP contribution in [0.5, 0.6) is 5.75 Å². The zero-order chi connectivity index (χ0) is 15.4. The molecule has 0 radical (unpaired) electrons. The van der Waals surface area contributed by atoms with Crippen molar-refractivity contribution in [2.24, 2.45) is 0 Å². The highest BCUT2D eigenvalue weighted by Gasteiger charge is 2.20. The third-order valence-corrected chi connectivity index (χ3v) is 3.32. The molecule has 110 valence electrons. The minimum atomic E-state index is -0.546. The summed E-state index contributed by atoms with van der Waals surface area (Å²) >= 11 is 3.23. The topological polar surface area (TPSA) is 48.4 Å². The van der Waals surface area contributed by atoms with E-state index in [0.29, 0.717) is 15.9 Å². The van der Waals surface area contributed by atoms with E-state index in [2.05, 4.69) is 20.9 Å². The van der Waals surface area contributed by atoms with Gasteiger partial charge in [-0.15, -0.1) is 0 Å². The van der Waals surface area contributed by atoms with E-state index in [1.54, 1.807) is 25.1 Å². The molecule has 1 aromatic heterocycles. The first-order chi connectivity index (χ1) is 10.1. The monoisotopic (exact) mass is 353 g/mol. The second-order valence-electron chi connectivity index (χ2n) is 4.08. The van der Waals surface area contributed by atoms with Crippen LogP contribution < -0.4 is 4.74 Å². The second kappa shape index (κ2) is 6.67. The molecule has 6 heteroatoms. The number of hydrogen-bond donors (Lipinski definition) is 0. The SMILES string of the molecule is CCOC(=O)c1cc(-c2ccccc2F)nc(Br)c1OC. The molecular weight excluding hydrogens is 341 g/mol. The largest absolute Gasteiger partial charge is 0.493 e. The summed E-state index contributed by atoms with van der Waals surface area (Å²) in [5, 5.41) is 0. The highest BCUT2D eigenvalue weighted by atomic mass is 79.9. The lowest BCUT2D eigenvalue weighted by molar-refractivity contribution is 0.0522. The van der Waals surface area contributed by atoms with Gasteiger partial charge in [-0.25, -0.2) is 14.2 Å². The maximum absolute atomic E-state index is 13.9. The first-order valence-corrected chi connectivity index (χ1v) is 7.04.